The van der Waals surface area contributed by atoms with Crippen LogP contribution >= 0.6 is 0 Å². The van der Waals surface area contributed by atoms with Crippen molar-refractivity contribution >= 4 is 0 Å². The third kappa shape index (κ3) is 1.86. The minimum absolute atomic E-state index is 0.614. The number of nitrogens with zero attached hydrogens (tertiary/aromatic N) is 3. The zero-order chi connectivity index (χ0) is 11.7. The molecule has 0 atom stereocenters. The van der Waals surface area contributed by atoms with Crippen molar-refractivity contribution in [1.29, 1.82) is 5.26 Å². The zero-order valence-electron chi connectivity index (χ0n) is 10.3. The normalized spacial score (nSPS) is 20.9. The van der Waals surface area contributed by atoms with Crippen molar-refractivity contribution in [3.05, 3.63) is 17.2 Å². The molecular formula is C14H19N3. The number of fused-ring (bicyclic) bond motifs is 1. The van der Waals surface area contributed by atoms with Crippen LogP contribution in [-0.4, -0.2) is 9.55 Å². The fourth-order valence-corrected chi connectivity index (χ4v) is 3.33. The van der Waals surface area contributed by atoms with Gasteiger partial charge >= 0.3 is 0 Å². The number of imidazole rings is 1. The monoisotopic (exact) mass is 229 g/mol. The van der Waals surface area contributed by atoms with Gasteiger partial charge in [0.05, 0.1) is 5.69 Å². The molecule has 3 rings (SSSR count). The van der Waals surface area contributed by atoms with E-state index >= 15 is 0 Å². The molecule has 0 radical (unpaired) electrons. The fourth-order valence-electron chi connectivity index (χ4n) is 3.33. The van der Waals surface area contributed by atoms with Crippen LogP contribution in [0.15, 0.2) is 0 Å². The lowest BCUT2D eigenvalue weighted by molar-refractivity contribution is 0.403. The Labute approximate surface area is 102 Å². The maximum atomic E-state index is 9.18. The minimum Gasteiger partial charge on any atom is -0.330 e. The second-order valence-corrected chi connectivity index (χ2v) is 5.32. The first kappa shape index (κ1) is 10.8. The van der Waals surface area contributed by atoms with Crippen LogP contribution in [0, 0.1) is 11.3 Å². The van der Waals surface area contributed by atoms with Crippen LogP contribution in [0.3, 0.4) is 0 Å². The number of hydrogen-bond acceptors (Lipinski definition) is 2. The summed E-state index contributed by atoms with van der Waals surface area (Å²) in [5.74, 6) is 1.83. The standard InChI is InChI=1S/C14H19N3/c15-10-12-13-8-4-5-9-17(13)14(16-12)11-6-2-1-3-7-11/h11H,1-9H2. The van der Waals surface area contributed by atoms with Gasteiger partial charge in [-0.3, -0.25) is 0 Å². The lowest BCUT2D eigenvalue weighted by Crippen LogP contribution is -2.17. The largest absolute Gasteiger partial charge is 0.330 e. The third-order valence-electron chi connectivity index (χ3n) is 4.22. The second kappa shape index (κ2) is 4.52. The molecule has 1 aromatic rings. The van der Waals surface area contributed by atoms with Gasteiger partial charge in [0.1, 0.15) is 11.9 Å². The van der Waals surface area contributed by atoms with Crippen LogP contribution in [0.2, 0.25) is 0 Å². The predicted molar refractivity (Wildman–Crippen MR) is 65.7 cm³/mol. The Hall–Kier alpha value is -1.30. The Bertz CT molecular complexity index is 447. The van der Waals surface area contributed by atoms with Crippen LogP contribution in [0.4, 0.5) is 0 Å². The molecule has 1 saturated carbocycles. The summed E-state index contributed by atoms with van der Waals surface area (Å²) in [6.07, 6.45) is 10.1. The van der Waals surface area contributed by atoms with Crippen molar-refractivity contribution in [2.24, 2.45) is 0 Å². The average molecular weight is 229 g/mol. The highest BCUT2D eigenvalue weighted by Gasteiger charge is 2.26. The van der Waals surface area contributed by atoms with Gasteiger partial charge in [0.25, 0.3) is 0 Å². The van der Waals surface area contributed by atoms with E-state index in [-0.39, 0.29) is 0 Å². The first-order valence-electron chi connectivity index (χ1n) is 6.89. The van der Waals surface area contributed by atoms with Crippen LogP contribution in [-0.2, 0) is 13.0 Å². The highest BCUT2D eigenvalue weighted by atomic mass is 15.1. The molecule has 1 aromatic heterocycles. The van der Waals surface area contributed by atoms with E-state index in [4.69, 9.17) is 0 Å². The quantitative estimate of drug-likeness (QED) is 0.742. The van der Waals surface area contributed by atoms with E-state index in [2.05, 4.69) is 15.6 Å². The Morgan fingerprint density at radius 3 is 2.71 bits per heavy atom. The summed E-state index contributed by atoms with van der Waals surface area (Å²) in [6, 6.07) is 2.28. The van der Waals surface area contributed by atoms with Crippen LogP contribution in [0.5, 0.6) is 0 Å². The van der Waals surface area contributed by atoms with Crippen LogP contribution in [0.25, 0.3) is 0 Å². The first-order valence-corrected chi connectivity index (χ1v) is 6.89. The van der Waals surface area contributed by atoms with Gasteiger partial charge in [0.15, 0.2) is 5.69 Å². The van der Waals surface area contributed by atoms with Crippen molar-refractivity contribution in [1.82, 2.24) is 9.55 Å². The maximum Gasteiger partial charge on any atom is 0.161 e. The lowest BCUT2D eigenvalue weighted by atomic mass is 9.88. The summed E-state index contributed by atoms with van der Waals surface area (Å²) in [5.41, 5.74) is 1.91. The topological polar surface area (TPSA) is 41.6 Å². The maximum absolute atomic E-state index is 9.18. The summed E-state index contributed by atoms with van der Waals surface area (Å²) >= 11 is 0. The molecule has 2 heterocycles. The average Bonchev–Trinajstić information content (AvgIpc) is 2.78. The van der Waals surface area contributed by atoms with Gasteiger partial charge in [0, 0.05) is 12.5 Å². The number of hydrogen-bond donors (Lipinski definition) is 0. The molecule has 0 N–H and O–H groups in total. The highest BCUT2D eigenvalue weighted by Crippen LogP contribution is 2.34. The Kier molecular flexibility index (Phi) is 2.88. The van der Waals surface area contributed by atoms with Gasteiger partial charge in [0.2, 0.25) is 0 Å². The molecule has 0 unspecified atom stereocenters. The van der Waals surface area contributed by atoms with E-state index in [0.717, 1.165) is 13.0 Å². The summed E-state index contributed by atoms with van der Waals surface area (Å²) in [5, 5.41) is 9.18. The molecule has 90 valence electrons. The van der Waals surface area contributed by atoms with Crippen LogP contribution < -0.4 is 0 Å². The molecule has 17 heavy (non-hydrogen) atoms. The van der Waals surface area contributed by atoms with Crippen LogP contribution in [0.1, 0.15) is 68.1 Å². The van der Waals surface area contributed by atoms with E-state index in [1.165, 1.54) is 56.5 Å². The first-order chi connectivity index (χ1) is 8.40. The summed E-state index contributed by atoms with van der Waals surface area (Å²) < 4.78 is 2.36. The molecule has 0 bridgehead atoms. The summed E-state index contributed by atoms with van der Waals surface area (Å²) in [7, 11) is 0. The van der Waals surface area contributed by atoms with Crippen molar-refractivity contribution in [3.8, 4) is 6.07 Å². The highest BCUT2D eigenvalue weighted by molar-refractivity contribution is 5.31. The van der Waals surface area contributed by atoms with Gasteiger partial charge in [-0.2, -0.15) is 5.26 Å². The SMILES string of the molecule is N#Cc1nc(C2CCCCC2)n2c1CCCC2. The number of nitriles is 1. The molecule has 1 aliphatic heterocycles. The van der Waals surface area contributed by atoms with E-state index in [9.17, 15) is 5.26 Å². The Balaban J connectivity index is 1.98. The number of aromatic nitrogens is 2. The van der Waals surface area contributed by atoms with Gasteiger partial charge in [-0.15, -0.1) is 0 Å². The second-order valence-electron chi connectivity index (χ2n) is 5.32. The molecule has 0 amide bonds. The van der Waals surface area contributed by atoms with Gasteiger partial charge in [-0.05, 0) is 32.1 Å². The molecule has 0 spiro atoms. The molecule has 0 aromatic carbocycles. The fraction of sp³-hybridized carbons (Fsp3) is 0.714. The molecule has 1 aliphatic carbocycles. The number of rotatable bonds is 1. The Morgan fingerprint density at radius 1 is 1.12 bits per heavy atom. The summed E-state index contributed by atoms with van der Waals surface area (Å²) in [4.78, 5) is 4.64. The van der Waals surface area contributed by atoms with E-state index in [1.54, 1.807) is 0 Å². The van der Waals surface area contributed by atoms with Crippen molar-refractivity contribution < 1.29 is 0 Å². The smallest absolute Gasteiger partial charge is 0.161 e. The van der Waals surface area contributed by atoms with Crippen molar-refractivity contribution in [2.75, 3.05) is 0 Å². The van der Waals surface area contributed by atoms with Gasteiger partial charge < -0.3 is 4.57 Å². The van der Waals surface area contributed by atoms with E-state index < -0.39 is 0 Å². The molecule has 2 aliphatic rings. The molecular weight excluding hydrogens is 210 g/mol. The van der Waals surface area contributed by atoms with E-state index in [0.29, 0.717) is 11.6 Å². The van der Waals surface area contributed by atoms with Gasteiger partial charge in [-0.1, -0.05) is 19.3 Å². The minimum atomic E-state index is 0.614. The van der Waals surface area contributed by atoms with Gasteiger partial charge in [-0.25, -0.2) is 4.98 Å². The lowest BCUT2D eigenvalue weighted by Gasteiger charge is -2.24. The zero-order valence-corrected chi connectivity index (χ0v) is 10.3. The Morgan fingerprint density at radius 2 is 1.94 bits per heavy atom. The van der Waals surface area contributed by atoms with E-state index in [1.807, 2.05) is 0 Å². The molecule has 3 nitrogen and oxygen atoms in total. The predicted octanol–water partition coefficient (Wildman–Crippen LogP) is 3.14. The molecule has 1 fully saturated rings. The van der Waals surface area contributed by atoms with Crippen molar-refractivity contribution in [2.45, 2.75) is 63.8 Å². The van der Waals surface area contributed by atoms with Crippen molar-refractivity contribution in [3.63, 3.8) is 0 Å². The third-order valence-corrected chi connectivity index (χ3v) is 4.22. The molecule has 0 saturated heterocycles. The molecule has 3 heteroatoms. The summed E-state index contributed by atoms with van der Waals surface area (Å²) in [6.45, 7) is 1.08.